The summed E-state index contributed by atoms with van der Waals surface area (Å²) in [5.74, 6) is 0. The standard InChI is InChI=1S/C9H12N2O/c10-7-1-2-8-6(3-7)4-11-9(8)5-12/h1-3,9,11-12H,4-5,10H2/t9-/m0/s1. The monoisotopic (exact) mass is 164 g/mol. The summed E-state index contributed by atoms with van der Waals surface area (Å²) in [6.45, 7) is 0.961. The van der Waals surface area contributed by atoms with Crippen LogP contribution in [-0.2, 0) is 6.54 Å². The van der Waals surface area contributed by atoms with Gasteiger partial charge in [-0.05, 0) is 23.3 Å². The molecule has 1 heterocycles. The molecular weight excluding hydrogens is 152 g/mol. The summed E-state index contributed by atoms with van der Waals surface area (Å²) in [5, 5.41) is 12.2. The second kappa shape index (κ2) is 2.77. The molecule has 0 spiro atoms. The molecule has 0 aliphatic carbocycles. The lowest BCUT2D eigenvalue weighted by Crippen LogP contribution is -2.15. The van der Waals surface area contributed by atoms with E-state index < -0.39 is 0 Å². The Morgan fingerprint density at radius 1 is 1.58 bits per heavy atom. The van der Waals surface area contributed by atoms with Crippen LogP contribution in [0.25, 0.3) is 0 Å². The Labute approximate surface area is 71.2 Å². The molecule has 4 N–H and O–H groups in total. The maximum absolute atomic E-state index is 8.99. The number of aliphatic hydroxyl groups is 1. The highest BCUT2D eigenvalue weighted by Gasteiger charge is 2.20. The van der Waals surface area contributed by atoms with Crippen molar-refractivity contribution in [3.8, 4) is 0 Å². The molecule has 0 amide bonds. The van der Waals surface area contributed by atoms with E-state index in [2.05, 4.69) is 5.32 Å². The third-order valence-electron chi connectivity index (χ3n) is 2.26. The van der Waals surface area contributed by atoms with Crippen LogP contribution in [-0.4, -0.2) is 11.7 Å². The number of fused-ring (bicyclic) bond motifs is 1. The SMILES string of the molecule is Nc1ccc2c(c1)CN[C@H]2CO. The van der Waals surface area contributed by atoms with Gasteiger partial charge in [-0.2, -0.15) is 0 Å². The van der Waals surface area contributed by atoms with Gasteiger partial charge in [0.1, 0.15) is 0 Å². The molecule has 1 aliphatic heterocycles. The number of rotatable bonds is 1. The minimum absolute atomic E-state index is 0.0978. The normalized spacial score (nSPS) is 20.9. The maximum atomic E-state index is 8.99. The molecule has 3 heteroatoms. The Kier molecular flexibility index (Phi) is 1.75. The van der Waals surface area contributed by atoms with Gasteiger partial charge in [0.15, 0.2) is 0 Å². The van der Waals surface area contributed by atoms with Crippen LogP contribution in [0.5, 0.6) is 0 Å². The Balaban J connectivity index is 2.40. The van der Waals surface area contributed by atoms with Crippen molar-refractivity contribution in [1.82, 2.24) is 5.32 Å². The van der Waals surface area contributed by atoms with Crippen LogP contribution in [0.4, 0.5) is 5.69 Å². The average Bonchev–Trinajstić information content (AvgIpc) is 2.46. The minimum atomic E-state index is 0.0978. The van der Waals surface area contributed by atoms with Crippen molar-refractivity contribution in [2.45, 2.75) is 12.6 Å². The van der Waals surface area contributed by atoms with E-state index in [0.29, 0.717) is 0 Å². The van der Waals surface area contributed by atoms with E-state index in [1.165, 1.54) is 11.1 Å². The van der Waals surface area contributed by atoms with Gasteiger partial charge >= 0.3 is 0 Å². The van der Waals surface area contributed by atoms with Crippen LogP contribution in [0.2, 0.25) is 0 Å². The number of nitrogen functional groups attached to an aromatic ring is 1. The Morgan fingerprint density at radius 2 is 2.42 bits per heavy atom. The Hall–Kier alpha value is -1.06. The summed E-state index contributed by atoms with van der Waals surface area (Å²) in [6.07, 6.45) is 0. The third-order valence-corrected chi connectivity index (χ3v) is 2.26. The lowest BCUT2D eigenvalue weighted by Gasteiger charge is -2.07. The van der Waals surface area contributed by atoms with Crippen molar-refractivity contribution in [3.63, 3.8) is 0 Å². The van der Waals surface area contributed by atoms with Crippen molar-refractivity contribution in [1.29, 1.82) is 0 Å². The van der Waals surface area contributed by atoms with Crippen LogP contribution < -0.4 is 11.1 Å². The number of anilines is 1. The van der Waals surface area contributed by atoms with E-state index in [9.17, 15) is 0 Å². The van der Waals surface area contributed by atoms with Gasteiger partial charge in [-0.25, -0.2) is 0 Å². The van der Waals surface area contributed by atoms with Gasteiger partial charge in [-0.15, -0.1) is 0 Å². The molecule has 0 saturated carbocycles. The van der Waals surface area contributed by atoms with Crippen LogP contribution in [0.15, 0.2) is 18.2 Å². The maximum Gasteiger partial charge on any atom is 0.0626 e. The lowest BCUT2D eigenvalue weighted by molar-refractivity contribution is 0.251. The van der Waals surface area contributed by atoms with E-state index in [-0.39, 0.29) is 12.6 Å². The molecule has 12 heavy (non-hydrogen) atoms. The number of aliphatic hydroxyl groups excluding tert-OH is 1. The fraction of sp³-hybridized carbons (Fsp3) is 0.333. The predicted octanol–water partition coefficient (Wildman–Crippen LogP) is 0.405. The fourth-order valence-corrected chi connectivity index (χ4v) is 1.62. The third kappa shape index (κ3) is 1.07. The number of benzene rings is 1. The molecule has 1 atom stereocenters. The molecule has 1 aromatic carbocycles. The van der Waals surface area contributed by atoms with E-state index in [4.69, 9.17) is 10.8 Å². The van der Waals surface area contributed by atoms with Gasteiger partial charge in [-0.3, -0.25) is 0 Å². The molecule has 1 aromatic rings. The molecule has 1 aliphatic rings. The molecular formula is C9H12N2O. The van der Waals surface area contributed by atoms with Crippen molar-refractivity contribution in [2.75, 3.05) is 12.3 Å². The molecule has 0 bridgehead atoms. The smallest absolute Gasteiger partial charge is 0.0626 e. The fourth-order valence-electron chi connectivity index (χ4n) is 1.62. The van der Waals surface area contributed by atoms with Crippen molar-refractivity contribution >= 4 is 5.69 Å². The summed E-state index contributed by atoms with van der Waals surface area (Å²) in [6, 6.07) is 5.90. The van der Waals surface area contributed by atoms with Gasteiger partial charge in [0, 0.05) is 12.2 Å². The lowest BCUT2D eigenvalue weighted by atomic mass is 10.1. The predicted molar refractivity (Wildman–Crippen MR) is 47.5 cm³/mol. The van der Waals surface area contributed by atoms with E-state index in [1.54, 1.807) is 0 Å². The van der Waals surface area contributed by atoms with Crippen LogP contribution in [0.3, 0.4) is 0 Å². The quantitative estimate of drug-likeness (QED) is 0.527. The summed E-state index contributed by atoms with van der Waals surface area (Å²) < 4.78 is 0. The molecule has 2 rings (SSSR count). The van der Waals surface area contributed by atoms with E-state index in [0.717, 1.165) is 12.2 Å². The van der Waals surface area contributed by atoms with E-state index in [1.807, 2.05) is 18.2 Å². The van der Waals surface area contributed by atoms with E-state index >= 15 is 0 Å². The van der Waals surface area contributed by atoms with Crippen LogP contribution in [0.1, 0.15) is 17.2 Å². The second-order valence-corrected chi connectivity index (χ2v) is 3.07. The zero-order chi connectivity index (χ0) is 8.55. The molecule has 0 unspecified atom stereocenters. The summed E-state index contributed by atoms with van der Waals surface area (Å²) in [7, 11) is 0. The molecule has 0 saturated heterocycles. The zero-order valence-corrected chi connectivity index (χ0v) is 6.75. The first kappa shape index (κ1) is 7.58. The summed E-state index contributed by atoms with van der Waals surface area (Å²) in [4.78, 5) is 0. The van der Waals surface area contributed by atoms with Gasteiger partial charge in [-0.1, -0.05) is 6.07 Å². The van der Waals surface area contributed by atoms with Gasteiger partial charge < -0.3 is 16.2 Å². The topological polar surface area (TPSA) is 58.3 Å². The average molecular weight is 164 g/mol. The highest BCUT2D eigenvalue weighted by atomic mass is 16.3. The summed E-state index contributed by atoms with van der Waals surface area (Å²) >= 11 is 0. The number of nitrogens with one attached hydrogen (secondary N) is 1. The van der Waals surface area contributed by atoms with Crippen LogP contribution >= 0.6 is 0 Å². The molecule has 64 valence electrons. The first-order valence-corrected chi connectivity index (χ1v) is 4.04. The molecule has 0 fully saturated rings. The number of hydrogen-bond donors (Lipinski definition) is 3. The highest BCUT2D eigenvalue weighted by molar-refractivity contribution is 5.47. The Morgan fingerprint density at radius 3 is 3.17 bits per heavy atom. The van der Waals surface area contributed by atoms with Crippen molar-refractivity contribution in [3.05, 3.63) is 29.3 Å². The van der Waals surface area contributed by atoms with Crippen molar-refractivity contribution < 1.29 is 5.11 Å². The molecule has 3 nitrogen and oxygen atoms in total. The largest absolute Gasteiger partial charge is 0.399 e. The zero-order valence-electron chi connectivity index (χ0n) is 6.75. The van der Waals surface area contributed by atoms with Gasteiger partial charge in [0.2, 0.25) is 0 Å². The highest BCUT2D eigenvalue weighted by Crippen LogP contribution is 2.26. The Bertz CT molecular complexity index is 299. The minimum Gasteiger partial charge on any atom is -0.399 e. The van der Waals surface area contributed by atoms with Crippen molar-refractivity contribution in [2.24, 2.45) is 0 Å². The number of nitrogens with two attached hydrogens (primary N) is 1. The number of hydrogen-bond acceptors (Lipinski definition) is 3. The molecule has 0 aromatic heterocycles. The first-order valence-electron chi connectivity index (χ1n) is 4.04. The second-order valence-electron chi connectivity index (χ2n) is 3.07. The van der Waals surface area contributed by atoms with Gasteiger partial charge in [0.05, 0.1) is 12.6 Å². The molecule has 0 radical (unpaired) electrons. The van der Waals surface area contributed by atoms with Crippen LogP contribution in [0, 0.1) is 0 Å². The first-order chi connectivity index (χ1) is 5.81. The van der Waals surface area contributed by atoms with Gasteiger partial charge in [0.25, 0.3) is 0 Å². The summed E-state index contributed by atoms with van der Waals surface area (Å²) in [5.41, 5.74) is 8.79.